The van der Waals surface area contributed by atoms with Gasteiger partial charge in [0.15, 0.2) is 0 Å². The van der Waals surface area contributed by atoms with Crippen molar-refractivity contribution in [1.29, 1.82) is 0 Å². The maximum atomic E-state index is 11.8. The number of benzene rings is 1. The van der Waals surface area contributed by atoms with Crippen molar-refractivity contribution in [1.82, 2.24) is 5.32 Å². The van der Waals surface area contributed by atoms with E-state index in [4.69, 9.17) is 0 Å². The van der Waals surface area contributed by atoms with Crippen LogP contribution in [0.3, 0.4) is 0 Å². The van der Waals surface area contributed by atoms with E-state index in [1.165, 1.54) is 11.8 Å². The zero-order valence-electron chi connectivity index (χ0n) is 11.2. The Labute approximate surface area is 118 Å². The lowest BCUT2D eigenvalue weighted by atomic mass is 10.0. The minimum absolute atomic E-state index is 0.149. The third kappa shape index (κ3) is 3.53. The third-order valence-corrected chi connectivity index (χ3v) is 4.17. The Morgan fingerprint density at radius 2 is 2.00 bits per heavy atom. The van der Waals surface area contributed by atoms with E-state index in [9.17, 15) is 9.90 Å². The maximum Gasteiger partial charge on any atom is 0.261 e. The first-order valence-electron chi connectivity index (χ1n) is 6.48. The Bertz CT molecular complexity index is 482. The molecule has 0 saturated carbocycles. The van der Waals surface area contributed by atoms with Gasteiger partial charge in [-0.05, 0) is 17.9 Å². The maximum absolute atomic E-state index is 11.8. The zero-order valence-corrected chi connectivity index (χ0v) is 12.0. The van der Waals surface area contributed by atoms with Gasteiger partial charge in [0, 0.05) is 5.75 Å². The van der Waals surface area contributed by atoms with Crippen LogP contribution >= 0.6 is 11.8 Å². The minimum atomic E-state index is -0.217. The second-order valence-corrected chi connectivity index (χ2v) is 6.13. The summed E-state index contributed by atoms with van der Waals surface area (Å²) < 4.78 is 0. The molecule has 0 spiro atoms. The van der Waals surface area contributed by atoms with Crippen molar-refractivity contribution >= 4 is 17.7 Å². The van der Waals surface area contributed by atoms with Crippen LogP contribution in [0, 0.1) is 5.92 Å². The summed E-state index contributed by atoms with van der Waals surface area (Å²) in [6.45, 7) is 4.16. The van der Waals surface area contributed by atoms with E-state index in [0.29, 0.717) is 16.6 Å². The first-order valence-corrected chi connectivity index (χ1v) is 7.47. The van der Waals surface area contributed by atoms with Gasteiger partial charge in [-0.15, -0.1) is 11.8 Å². The van der Waals surface area contributed by atoms with Crippen LogP contribution in [0.1, 0.15) is 25.8 Å². The molecule has 1 aromatic rings. The van der Waals surface area contributed by atoms with E-state index in [1.54, 1.807) is 0 Å². The average Bonchev–Trinajstić information content (AvgIpc) is 2.63. The van der Waals surface area contributed by atoms with Gasteiger partial charge in [0.2, 0.25) is 0 Å². The summed E-state index contributed by atoms with van der Waals surface area (Å²) >= 11 is 1.40. The number of amides is 1. The van der Waals surface area contributed by atoms with Crippen molar-refractivity contribution < 1.29 is 9.90 Å². The molecule has 0 fully saturated rings. The molecule has 1 unspecified atom stereocenters. The zero-order chi connectivity index (χ0) is 13.8. The highest BCUT2D eigenvalue weighted by Crippen LogP contribution is 2.30. The van der Waals surface area contributed by atoms with E-state index < -0.39 is 0 Å². The summed E-state index contributed by atoms with van der Waals surface area (Å²) in [5.41, 5.74) is 1.15. The number of aliphatic hydroxyl groups excluding tert-OH is 1. The SMILES string of the molecule is CC(C)CC1NC(=O)C(SCc2ccccc2)=C1O. The predicted molar refractivity (Wildman–Crippen MR) is 78.8 cm³/mol. The molecular formula is C15H19NO2S. The number of thioether (sulfide) groups is 1. The van der Waals surface area contributed by atoms with Crippen molar-refractivity contribution in [2.75, 3.05) is 0 Å². The summed E-state index contributed by atoms with van der Waals surface area (Å²) in [6.07, 6.45) is 0.771. The van der Waals surface area contributed by atoms with Gasteiger partial charge in [-0.2, -0.15) is 0 Å². The fraction of sp³-hybridized carbons (Fsp3) is 0.400. The molecule has 4 heteroatoms. The molecule has 0 bridgehead atoms. The van der Waals surface area contributed by atoms with E-state index in [1.807, 2.05) is 30.3 Å². The van der Waals surface area contributed by atoms with Crippen LogP contribution in [-0.4, -0.2) is 17.1 Å². The second-order valence-electron chi connectivity index (χ2n) is 5.14. The highest BCUT2D eigenvalue weighted by molar-refractivity contribution is 8.03. The molecule has 1 aliphatic rings. The van der Waals surface area contributed by atoms with Crippen molar-refractivity contribution in [2.45, 2.75) is 32.1 Å². The van der Waals surface area contributed by atoms with E-state index in [-0.39, 0.29) is 17.7 Å². The number of carbonyl (C=O) groups excluding carboxylic acids is 1. The fourth-order valence-corrected chi connectivity index (χ4v) is 3.06. The van der Waals surface area contributed by atoms with Crippen LogP contribution in [0.4, 0.5) is 0 Å². The molecule has 3 nitrogen and oxygen atoms in total. The largest absolute Gasteiger partial charge is 0.509 e. The number of nitrogens with one attached hydrogen (secondary N) is 1. The molecule has 0 saturated heterocycles. The van der Waals surface area contributed by atoms with Crippen molar-refractivity contribution in [2.24, 2.45) is 5.92 Å². The lowest BCUT2D eigenvalue weighted by molar-refractivity contribution is -0.116. The first kappa shape index (κ1) is 14.0. The number of rotatable bonds is 5. The van der Waals surface area contributed by atoms with E-state index in [2.05, 4.69) is 19.2 Å². The number of hydrogen-bond acceptors (Lipinski definition) is 3. The monoisotopic (exact) mass is 277 g/mol. The smallest absolute Gasteiger partial charge is 0.261 e. The molecule has 1 aliphatic heterocycles. The quantitative estimate of drug-likeness (QED) is 0.868. The summed E-state index contributed by atoms with van der Waals surface area (Å²) in [5, 5.41) is 13.0. The van der Waals surface area contributed by atoms with Gasteiger partial charge in [-0.1, -0.05) is 44.2 Å². The van der Waals surface area contributed by atoms with Crippen molar-refractivity contribution in [3.8, 4) is 0 Å². The summed E-state index contributed by atoms with van der Waals surface area (Å²) in [4.78, 5) is 12.3. The Balaban J connectivity index is 2.02. The summed E-state index contributed by atoms with van der Waals surface area (Å²) in [5.74, 6) is 1.19. The molecule has 19 heavy (non-hydrogen) atoms. The van der Waals surface area contributed by atoms with Crippen molar-refractivity contribution in [3.63, 3.8) is 0 Å². The van der Waals surface area contributed by atoms with Crippen molar-refractivity contribution in [3.05, 3.63) is 46.6 Å². The van der Waals surface area contributed by atoms with Gasteiger partial charge >= 0.3 is 0 Å². The molecule has 1 heterocycles. The summed E-state index contributed by atoms with van der Waals surface area (Å²) in [7, 11) is 0. The summed E-state index contributed by atoms with van der Waals surface area (Å²) in [6, 6.07) is 9.73. The molecule has 102 valence electrons. The van der Waals surface area contributed by atoms with E-state index in [0.717, 1.165) is 12.0 Å². The molecule has 1 amide bonds. The normalized spacial score (nSPS) is 19.1. The minimum Gasteiger partial charge on any atom is -0.509 e. The van der Waals surface area contributed by atoms with Gasteiger partial charge in [-0.3, -0.25) is 4.79 Å². The number of aliphatic hydroxyl groups is 1. The highest BCUT2D eigenvalue weighted by Gasteiger charge is 2.32. The second kappa shape index (κ2) is 6.15. The average molecular weight is 277 g/mol. The van der Waals surface area contributed by atoms with E-state index >= 15 is 0 Å². The Kier molecular flexibility index (Phi) is 4.53. The molecule has 0 aromatic heterocycles. The molecule has 0 aliphatic carbocycles. The molecule has 1 aromatic carbocycles. The van der Waals surface area contributed by atoms with Gasteiger partial charge in [0.1, 0.15) is 10.7 Å². The molecule has 0 radical (unpaired) electrons. The van der Waals surface area contributed by atoms with Gasteiger partial charge in [0.25, 0.3) is 5.91 Å². The number of carbonyl (C=O) groups is 1. The van der Waals surface area contributed by atoms with Crippen LogP contribution in [0.5, 0.6) is 0 Å². The topological polar surface area (TPSA) is 49.3 Å². The van der Waals surface area contributed by atoms with Crippen LogP contribution in [0.2, 0.25) is 0 Å². The first-order chi connectivity index (χ1) is 9.08. The lowest BCUT2D eigenvalue weighted by Crippen LogP contribution is -2.30. The van der Waals surface area contributed by atoms with Crippen LogP contribution in [0.25, 0.3) is 0 Å². The Morgan fingerprint density at radius 1 is 1.32 bits per heavy atom. The molecule has 1 atom stereocenters. The van der Waals surface area contributed by atoms with Crippen LogP contribution in [-0.2, 0) is 10.5 Å². The van der Waals surface area contributed by atoms with Crippen LogP contribution in [0.15, 0.2) is 41.0 Å². The molecule has 2 N–H and O–H groups in total. The molecular weight excluding hydrogens is 258 g/mol. The lowest BCUT2D eigenvalue weighted by Gasteiger charge is -2.12. The third-order valence-electron chi connectivity index (χ3n) is 3.01. The van der Waals surface area contributed by atoms with Gasteiger partial charge in [-0.25, -0.2) is 0 Å². The molecule has 2 rings (SSSR count). The van der Waals surface area contributed by atoms with Gasteiger partial charge < -0.3 is 10.4 Å². The number of hydrogen-bond donors (Lipinski definition) is 2. The Morgan fingerprint density at radius 3 is 2.63 bits per heavy atom. The fourth-order valence-electron chi connectivity index (χ4n) is 2.08. The Hall–Kier alpha value is -1.42. The van der Waals surface area contributed by atoms with Crippen LogP contribution < -0.4 is 5.32 Å². The standard InChI is InChI=1S/C15H19NO2S/c1-10(2)8-12-13(17)14(15(18)16-12)19-9-11-6-4-3-5-7-11/h3-7,10,12,17H,8-9H2,1-2H3,(H,16,18). The highest BCUT2D eigenvalue weighted by atomic mass is 32.2. The predicted octanol–water partition coefficient (Wildman–Crippen LogP) is 3.23. The van der Waals surface area contributed by atoms with Gasteiger partial charge in [0.05, 0.1) is 6.04 Å².